The molecule has 0 aliphatic heterocycles. The Morgan fingerprint density at radius 3 is 2.41 bits per heavy atom. The maximum atomic E-state index is 13.5. The summed E-state index contributed by atoms with van der Waals surface area (Å²) < 4.78 is 56.2. The molecule has 0 fully saturated rings. The van der Waals surface area contributed by atoms with E-state index in [4.69, 9.17) is 13.9 Å². The number of hydrogen-bond acceptors (Lipinski definition) is 5. The summed E-state index contributed by atoms with van der Waals surface area (Å²) >= 11 is 0. The Bertz CT molecular complexity index is 1310. The Labute approximate surface area is 227 Å². The number of hydrogen-bond donors (Lipinski definition) is 0. The van der Waals surface area contributed by atoms with Crippen LogP contribution in [-0.2, 0) is 22.4 Å². The second-order valence-electron chi connectivity index (χ2n) is 10.3. The Morgan fingerprint density at radius 1 is 0.974 bits per heavy atom. The number of unbranched alkanes of at least 4 members (excludes halogenated alkanes) is 2. The first-order valence-electron chi connectivity index (χ1n) is 13.6. The van der Waals surface area contributed by atoms with Gasteiger partial charge in [-0.05, 0) is 60.1 Å². The summed E-state index contributed by atoms with van der Waals surface area (Å²) in [5.41, 5.74) is 3.23. The molecule has 0 aliphatic rings. The number of fused-ring (bicyclic) bond motifs is 1. The first-order valence-corrected chi connectivity index (χ1v) is 13.6. The lowest BCUT2D eigenvalue weighted by Crippen LogP contribution is -2.33. The van der Waals surface area contributed by atoms with Crippen molar-refractivity contribution in [2.24, 2.45) is 11.8 Å². The molecular formula is C31H37F3O5. The predicted molar refractivity (Wildman–Crippen MR) is 146 cm³/mol. The van der Waals surface area contributed by atoms with E-state index in [1.807, 2.05) is 19.1 Å². The molecule has 8 heteroatoms. The number of alkyl halides is 3. The molecule has 0 bridgehead atoms. The van der Waals surface area contributed by atoms with Crippen molar-refractivity contribution in [2.45, 2.75) is 72.4 Å². The van der Waals surface area contributed by atoms with Crippen LogP contribution in [0.25, 0.3) is 22.1 Å². The van der Waals surface area contributed by atoms with Crippen LogP contribution in [0.4, 0.5) is 13.2 Å². The average molecular weight is 547 g/mol. The van der Waals surface area contributed by atoms with Gasteiger partial charge in [-0.2, -0.15) is 13.2 Å². The van der Waals surface area contributed by atoms with Gasteiger partial charge >= 0.3 is 17.8 Å². The third-order valence-electron chi connectivity index (χ3n) is 6.55. The van der Waals surface area contributed by atoms with E-state index in [0.717, 1.165) is 36.8 Å². The number of rotatable bonds is 13. The van der Waals surface area contributed by atoms with Gasteiger partial charge in [-0.3, -0.25) is 4.79 Å². The minimum atomic E-state index is -4.61. The van der Waals surface area contributed by atoms with Crippen LogP contribution in [0.1, 0.15) is 64.5 Å². The third-order valence-corrected chi connectivity index (χ3v) is 6.55. The molecule has 3 rings (SSSR count). The lowest BCUT2D eigenvalue weighted by Gasteiger charge is -2.20. The highest BCUT2D eigenvalue weighted by Crippen LogP contribution is 2.30. The summed E-state index contributed by atoms with van der Waals surface area (Å²) in [6.07, 6.45) is 0.625. The van der Waals surface area contributed by atoms with Crippen molar-refractivity contribution in [3.8, 4) is 16.9 Å². The monoisotopic (exact) mass is 546 g/mol. The van der Waals surface area contributed by atoms with Gasteiger partial charge < -0.3 is 13.9 Å². The lowest BCUT2D eigenvalue weighted by molar-refractivity contribution is -0.197. The van der Waals surface area contributed by atoms with Gasteiger partial charge in [0.2, 0.25) is 0 Å². The number of carbonyl (C=O) groups is 1. The van der Waals surface area contributed by atoms with E-state index in [-0.39, 0.29) is 23.7 Å². The number of aryl methyl sites for hydroxylation is 2. The maximum absolute atomic E-state index is 13.5. The van der Waals surface area contributed by atoms with Gasteiger partial charge in [-0.1, -0.05) is 58.7 Å². The van der Waals surface area contributed by atoms with Crippen LogP contribution in [0.2, 0.25) is 0 Å². The third kappa shape index (κ3) is 8.60. The van der Waals surface area contributed by atoms with Crippen molar-refractivity contribution in [1.29, 1.82) is 0 Å². The molecule has 0 saturated heterocycles. The molecule has 1 aromatic heterocycles. The first kappa shape index (κ1) is 30.3. The summed E-state index contributed by atoms with van der Waals surface area (Å²) in [4.78, 5) is 24.6. The number of carbonyl (C=O) groups excluding carboxylic acids is 1. The highest BCUT2D eigenvalue weighted by atomic mass is 19.4. The zero-order valence-corrected chi connectivity index (χ0v) is 23.0. The Balaban J connectivity index is 1.77. The zero-order valence-electron chi connectivity index (χ0n) is 23.0. The van der Waals surface area contributed by atoms with E-state index in [2.05, 4.69) is 13.0 Å². The zero-order chi connectivity index (χ0) is 28.6. The predicted octanol–water partition coefficient (Wildman–Crippen LogP) is 7.90. The molecule has 2 aromatic carbocycles. The fourth-order valence-corrected chi connectivity index (χ4v) is 4.33. The number of halogens is 3. The van der Waals surface area contributed by atoms with Crippen LogP contribution in [0.15, 0.2) is 51.7 Å². The SMILES string of the molecule is CCCCCc1ccc(-c2cc3ccc(OCC(COC(=O)CC(C)C)C(F)(F)F)cc3oc2=O)c(CC)c1. The second-order valence-corrected chi connectivity index (χ2v) is 10.3. The van der Waals surface area contributed by atoms with Crippen LogP contribution in [-0.4, -0.2) is 25.4 Å². The lowest BCUT2D eigenvalue weighted by atomic mass is 9.94. The summed E-state index contributed by atoms with van der Waals surface area (Å²) in [5.74, 6) is -2.57. The van der Waals surface area contributed by atoms with Gasteiger partial charge in [-0.25, -0.2) is 4.79 Å². The van der Waals surface area contributed by atoms with E-state index < -0.39 is 36.9 Å². The second kappa shape index (κ2) is 13.7. The maximum Gasteiger partial charge on any atom is 0.398 e. The number of esters is 1. The van der Waals surface area contributed by atoms with Crippen LogP contribution >= 0.6 is 0 Å². The molecule has 0 aliphatic carbocycles. The molecule has 5 nitrogen and oxygen atoms in total. The van der Waals surface area contributed by atoms with Gasteiger partial charge in [-0.15, -0.1) is 0 Å². The topological polar surface area (TPSA) is 65.7 Å². The molecule has 1 atom stereocenters. The summed E-state index contributed by atoms with van der Waals surface area (Å²) in [6.45, 7) is 6.21. The van der Waals surface area contributed by atoms with Crippen molar-refractivity contribution < 1.29 is 31.9 Å². The largest absolute Gasteiger partial charge is 0.493 e. The van der Waals surface area contributed by atoms with Crippen LogP contribution in [0.3, 0.4) is 0 Å². The normalized spacial score (nSPS) is 12.6. The van der Waals surface area contributed by atoms with Crippen molar-refractivity contribution in [3.05, 3.63) is 64.0 Å². The van der Waals surface area contributed by atoms with E-state index in [1.54, 1.807) is 26.0 Å². The van der Waals surface area contributed by atoms with Crippen molar-refractivity contribution in [2.75, 3.05) is 13.2 Å². The van der Waals surface area contributed by atoms with Gasteiger partial charge in [0, 0.05) is 17.9 Å². The molecule has 1 unspecified atom stereocenters. The summed E-state index contributed by atoms with van der Waals surface area (Å²) in [7, 11) is 0. The minimum Gasteiger partial charge on any atom is -0.493 e. The van der Waals surface area contributed by atoms with Gasteiger partial charge in [0.25, 0.3) is 0 Å². The number of ether oxygens (including phenoxy) is 2. The molecule has 1 heterocycles. The highest BCUT2D eigenvalue weighted by molar-refractivity contribution is 5.83. The van der Waals surface area contributed by atoms with Gasteiger partial charge in [0.05, 0.1) is 5.56 Å². The minimum absolute atomic E-state index is 0.0191. The molecule has 0 amide bonds. The average Bonchev–Trinajstić information content (AvgIpc) is 2.87. The molecule has 3 aromatic rings. The molecule has 0 saturated carbocycles. The van der Waals surface area contributed by atoms with Gasteiger partial charge in [0.15, 0.2) is 0 Å². The van der Waals surface area contributed by atoms with Gasteiger partial charge in [0.1, 0.15) is 30.5 Å². The van der Waals surface area contributed by atoms with Crippen LogP contribution in [0, 0.1) is 11.8 Å². The van der Waals surface area contributed by atoms with E-state index in [0.29, 0.717) is 10.9 Å². The molecule has 0 radical (unpaired) electrons. The number of benzene rings is 2. The Hall–Kier alpha value is -3.29. The molecular weight excluding hydrogens is 509 g/mol. The van der Waals surface area contributed by atoms with Crippen LogP contribution < -0.4 is 10.4 Å². The van der Waals surface area contributed by atoms with E-state index in [9.17, 15) is 22.8 Å². The fourth-order valence-electron chi connectivity index (χ4n) is 4.33. The Kier molecular flexibility index (Phi) is 10.6. The molecule has 0 spiro atoms. The quantitative estimate of drug-likeness (QED) is 0.124. The fraction of sp³-hybridized carbons (Fsp3) is 0.484. The summed E-state index contributed by atoms with van der Waals surface area (Å²) in [6, 6.07) is 12.5. The molecule has 0 N–H and O–H groups in total. The van der Waals surface area contributed by atoms with Crippen molar-refractivity contribution >= 4 is 16.9 Å². The van der Waals surface area contributed by atoms with E-state index >= 15 is 0 Å². The van der Waals surface area contributed by atoms with Crippen molar-refractivity contribution in [3.63, 3.8) is 0 Å². The van der Waals surface area contributed by atoms with Crippen LogP contribution in [0.5, 0.6) is 5.75 Å². The summed E-state index contributed by atoms with van der Waals surface area (Å²) in [5, 5.41) is 0.626. The van der Waals surface area contributed by atoms with Crippen molar-refractivity contribution in [1.82, 2.24) is 0 Å². The van der Waals surface area contributed by atoms with E-state index in [1.165, 1.54) is 24.1 Å². The molecule has 212 valence electrons. The highest BCUT2D eigenvalue weighted by Gasteiger charge is 2.41. The standard InChI is InChI=1S/C31H37F3O5/c1-5-7-8-9-21-10-13-26(22(6-2)15-21)27-16-23-11-12-25(17-28(23)39-30(27)36)37-18-24(31(32,33)34)19-38-29(35)14-20(3)4/h10-13,15-17,20,24H,5-9,14,18-19H2,1-4H3. The Morgan fingerprint density at radius 2 is 1.74 bits per heavy atom. The first-order chi connectivity index (χ1) is 18.5. The molecule has 39 heavy (non-hydrogen) atoms. The smallest absolute Gasteiger partial charge is 0.398 e.